The maximum absolute atomic E-state index is 16.4. The van der Waals surface area contributed by atoms with Crippen LogP contribution in [0.15, 0.2) is 108 Å². The Hall–Kier alpha value is -9.79. The second kappa shape index (κ2) is 32.1. The average Bonchev–Trinajstić information content (AvgIpc) is 1.56. The van der Waals surface area contributed by atoms with Crippen molar-refractivity contribution in [3.8, 4) is 51.4 Å². The van der Waals surface area contributed by atoms with Crippen LogP contribution in [0.2, 0.25) is 10.0 Å². The smallest absolute Gasteiger partial charge is 0.264 e. The molecule has 6 aromatic carbocycles. The van der Waals surface area contributed by atoms with E-state index in [0.29, 0.717) is 11.8 Å². The van der Waals surface area contributed by atoms with Crippen molar-refractivity contribution in [1.82, 2.24) is 47.3 Å². The molecule has 114 heavy (non-hydrogen) atoms. The number of fused-ring (bicyclic) bond motifs is 12. The molecule has 8 amide bonds. The predicted octanol–water partition coefficient (Wildman–Crippen LogP) is 2.20. The lowest BCUT2D eigenvalue weighted by atomic mass is 9.54. The van der Waals surface area contributed by atoms with Gasteiger partial charge in [-0.2, -0.15) is 0 Å². The van der Waals surface area contributed by atoms with Crippen LogP contribution in [-0.4, -0.2) is 178 Å². The number of rotatable bonds is 16. The zero-order valence-corrected chi connectivity index (χ0v) is 64.0. The molecule has 0 spiro atoms. The Kier molecular flexibility index (Phi) is 22.8. The lowest BCUT2D eigenvalue weighted by Crippen LogP contribution is -2.60. The molecule has 36 heteroatoms. The predicted molar refractivity (Wildman–Crippen MR) is 402 cm³/mol. The van der Waals surface area contributed by atoms with Gasteiger partial charge in [0.25, 0.3) is 10.0 Å². The van der Waals surface area contributed by atoms with Gasteiger partial charge < -0.3 is 113 Å². The standard InChI is InChI=1S/C78H86Cl2N10O23S/c1-5-109-41-9-11-42(12-10-41)114(107,108)90-56(92)29-50-71(99)85-60-39-25-53(110-51-14-7-35(23-47(51)79)64(93)62(75(103)83-50)88-70(98)49(82-4)16-31(2)3)69(113-77-68(97)67(96)66(95)55(30-81)112-77)54(26-39)111-52-15-8-36(24-48(52)80)65(94)63-76(104)87-61(74(102)84-58-37-18-32-17-33(20-37)21-38(58)19-32)44-27-40(91)28-46-57(44)43-22-34(6-13-45(43)78(46,105)106)59(72(100)89-63)86-73(60)101/h6-15,22-28,31-33,37-38,49-50,55,58-68,77,82,91,93-97,105-106H,5,16-21,29-30,81H2,1-4H3,(H,83,103)(H,84,102)(H,85,99)(H,86,101)(H,87,104)(H,88,98)(H,89,100)(H,90,92)/t32?,33?,37?,38?,49-,50+,55-,58?,59-,60-,61+,62-,63+,64-,65-,66-,67+,68-,77+/m1/s1. The van der Waals surface area contributed by atoms with Crippen LogP contribution in [0.25, 0.3) is 11.1 Å². The van der Waals surface area contributed by atoms with Crippen molar-refractivity contribution in [3.63, 3.8) is 0 Å². The molecule has 0 unspecified atom stereocenters. The van der Waals surface area contributed by atoms with Gasteiger partial charge in [0.2, 0.25) is 65.1 Å². The number of benzene rings is 6. The van der Waals surface area contributed by atoms with Gasteiger partial charge >= 0.3 is 0 Å². The van der Waals surface area contributed by atoms with Gasteiger partial charge in [-0.05, 0) is 200 Å². The Morgan fingerprint density at radius 1 is 0.658 bits per heavy atom. The van der Waals surface area contributed by atoms with Crippen LogP contribution in [0.3, 0.4) is 0 Å². The fourth-order valence-corrected chi connectivity index (χ4v) is 18.5. The number of aromatic hydroxyl groups is 1. The zero-order valence-electron chi connectivity index (χ0n) is 61.7. The Labute approximate surface area is 662 Å². The van der Waals surface area contributed by atoms with Gasteiger partial charge in [-0.3, -0.25) is 38.4 Å². The highest BCUT2D eigenvalue weighted by Crippen LogP contribution is 2.56. The Bertz CT molecular complexity index is 4930. The lowest BCUT2D eigenvalue weighted by molar-refractivity contribution is -0.270. The van der Waals surface area contributed by atoms with Crippen molar-refractivity contribution in [2.24, 2.45) is 35.3 Å². The first-order chi connectivity index (χ1) is 54.2. The number of phenols is 1. The van der Waals surface area contributed by atoms with Gasteiger partial charge in [0, 0.05) is 23.7 Å². The largest absolute Gasteiger partial charge is 0.508 e. The van der Waals surface area contributed by atoms with Crippen LogP contribution in [0.5, 0.6) is 40.2 Å². The van der Waals surface area contributed by atoms with E-state index in [9.17, 15) is 58.9 Å². The first kappa shape index (κ1) is 80.8. The number of nitrogens with two attached hydrogens (primary N) is 1. The van der Waals surface area contributed by atoms with E-state index in [-0.39, 0.29) is 104 Å². The Morgan fingerprint density at radius 2 is 1.26 bits per heavy atom. The van der Waals surface area contributed by atoms with E-state index in [1.807, 2.05) is 18.6 Å². The molecule has 606 valence electrons. The van der Waals surface area contributed by atoms with Crippen LogP contribution in [0.1, 0.15) is 135 Å². The molecule has 14 atom stereocenters. The van der Waals surface area contributed by atoms with Gasteiger partial charge in [0.15, 0.2) is 11.5 Å². The minimum Gasteiger partial charge on any atom is -0.508 e. The summed E-state index contributed by atoms with van der Waals surface area (Å²) in [5, 5.41) is 116. The SMILES string of the molecule is CCOc1ccc(S(=O)(=O)NC(=O)C[C@@H]2NC(=O)[C@H](NC(=O)[C@@H](CC(C)C)NC)[C@H](O)c3ccc(c(Cl)c3)Oc3cc4cc(c3O[C@@H]3O[C@H](CN)[C@@H](O)[C@H](O)[C@H]3O)Oc3ccc(cc3Cl)[C@@H](O)[C@@H]3NC(=O)[C@H](NC(=O)[C@@H]4NC2=O)c2ccc4c(c2)-c2c(cc(O)cc2C4(O)O)[C@@H](C(=O)NC2C4CC5CC(C4)CC2C5)NC3=O)cc1. The highest BCUT2D eigenvalue weighted by atomic mass is 35.5. The molecule has 6 aromatic rings. The van der Waals surface area contributed by atoms with E-state index in [4.69, 9.17) is 52.6 Å². The van der Waals surface area contributed by atoms with Gasteiger partial charge in [-0.25, -0.2) is 13.1 Å². The number of aliphatic hydroxyl groups excluding tert-OH is 5. The van der Waals surface area contributed by atoms with Crippen molar-refractivity contribution in [2.45, 2.75) is 168 Å². The summed E-state index contributed by atoms with van der Waals surface area (Å²) < 4.78 is 61.1. The molecule has 11 aliphatic rings. The molecule has 15 bridgehead atoms. The van der Waals surface area contributed by atoms with Crippen molar-refractivity contribution in [2.75, 3.05) is 20.2 Å². The third-order valence-corrected chi connectivity index (χ3v) is 24.4. The van der Waals surface area contributed by atoms with Gasteiger partial charge in [0.1, 0.15) is 95.9 Å². The first-order valence-electron chi connectivity index (χ1n) is 37.3. The second-order valence-electron chi connectivity index (χ2n) is 30.6. The fraction of sp³-hybridized carbons (Fsp3) is 0.436. The maximum Gasteiger partial charge on any atom is 0.264 e. The van der Waals surface area contributed by atoms with Crippen LogP contribution in [-0.2, 0) is 58.9 Å². The Balaban J connectivity index is 0.961. The zero-order chi connectivity index (χ0) is 81.4. The normalized spacial score (nSPS) is 29.0. The topological polar surface area (TPSA) is 513 Å². The maximum atomic E-state index is 16.4. The molecular formula is C78H86Cl2N10O23S. The van der Waals surface area contributed by atoms with E-state index in [0.717, 1.165) is 80.6 Å². The highest BCUT2D eigenvalue weighted by molar-refractivity contribution is 7.90. The molecular weight excluding hydrogens is 1550 g/mol. The number of carbonyl (C=O) groups excluding carboxylic acids is 8. The number of phenolic OH excluding ortho intramolecular Hbond substituents is 1. The minimum absolute atomic E-state index is 0.0744. The number of nitrogens with one attached hydrogen (secondary N) is 9. The van der Waals surface area contributed by atoms with E-state index < -0.39 is 200 Å². The van der Waals surface area contributed by atoms with Crippen LogP contribution < -0.4 is 71.9 Å². The molecule has 4 saturated carbocycles. The molecule has 17 rings (SSSR count). The molecule has 1 saturated heterocycles. The molecule has 33 nitrogen and oxygen atoms in total. The van der Waals surface area contributed by atoms with E-state index in [1.54, 1.807) is 6.92 Å². The number of amides is 8. The Morgan fingerprint density at radius 3 is 1.87 bits per heavy atom. The van der Waals surface area contributed by atoms with E-state index >= 15 is 28.8 Å². The highest BCUT2D eigenvalue weighted by Gasteiger charge is 2.52. The third kappa shape index (κ3) is 15.8. The number of sulfonamides is 1. The number of aliphatic hydroxyl groups is 7. The van der Waals surface area contributed by atoms with E-state index in [2.05, 4.69) is 42.5 Å². The number of ether oxygens (including phenoxy) is 5. The molecule has 6 heterocycles. The molecule has 0 aromatic heterocycles. The molecule has 5 aliphatic carbocycles. The van der Waals surface area contributed by atoms with Crippen molar-refractivity contribution in [3.05, 3.63) is 152 Å². The summed E-state index contributed by atoms with van der Waals surface area (Å²) in [4.78, 5) is 123. The summed E-state index contributed by atoms with van der Waals surface area (Å²) in [6, 6.07) is 5.12. The summed E-state index contributed by atoms with van der Waals surface area (Å²) in [5.41, 5.74) is 3.76. The summed E-state index contributed by atoms with van der Waals surface area (Å²) in [7, 11) is -3.41. The minimum atomic E-state index is -4.87. The van der Waals surface area contributed by atoms with Crippen molar-refractivity contribution < 1.29 is 111 Å². The molecule has 6 aliphatic heterocycles. The average molecular weight is 1630 g/mol. The first-order valence-corrected chi connectivity index (χ1v) is 39.5. The third-order valence-electron chi connectivity index (χ3n) is 22.5. The number of halogens is 2. The van der Waals surface area contributed by atoms with E-state index in [1.165, 1.54) is 61.6 Å². The quantitative estimate of drug-likeness (QED) is 0.0618. The van der Waals surface area contributed by atoms with Gasteiger partial charge in [-0.1, -0.05) is 61.3 Å². The van der Waals surface area contributed by atoms with Crippen LogP contribution in [0.4, 0.5) is 0 Å². The molecule has 5 fully saturated rings. The monoisotopic (exact) mass is 1630 g/mol. The summed E-state index contributed by atoms with van der Waals surface area (Å²) in [6.45, 7) is 5.04. The number of carbonyl (C=O) groups is 8. The number of hydrogen-bond donors (Lipinski definition) is 18. The molecule has 19 N–H and O–H groups in total. The van der Waals surface area contributed by atoms with Gasteiger partial charge in [0.05, 0.1) is 34.0 Å². The summed E-state index contributed by atoms with van der Waals surface area (Å²) >= 11 is 14.3. The molecule has 0 radical (unpaired) electrons. The number of hydrogen-bond acceptors (Lipinski definition) is 25. The second-order valence-corrected chi connectivity index (χ2v) is 33.1. The summed E-state index contributed by atoms with van der Waals surface area (Å²) in [6.07, 6.45) is -10.5. The van der Waals surface area contributed by atoms with Crippen LogP contribution >= 0.6 is 23.2 Å². The number of likely N-dealkylation sites (N-methyl/N-ethyl adjacent to an activating group) is 1. The van der Waals surface area contributed by atoms with Gasteiger partial charge in [-0.15, -0.1) is 0 Å². The lowest BCUT2D eigenvalue weighted by Gasteiger charge is -2.54. The summed E-state index contributed by atoms with van der Waals surface area (Å²) in [5.74, 6) is -15.1. The van der Waals surface area contributed by atoms with Crippen molar-refractivity contribution >= 4 is 80.5 Å². The fourth-order valence-electron chi connectivity index (χ4n) is 17.1. The van der Waals surface area contributed by atoms with Crippen LogP contribution in [0, 0.1) is 29.6 Å². The van der Waals surface area contributed by atoms with Crippen molar-refractivity contribution in [1.29, 1.82) is 0 Å².